The van der Waals surface area contributed by atoms with E-state index in [1.165, 1.54) is 90.3 Å². The zero-order valence-corrected chi connectivity index (χ0v) is 65.2. The number of hydrogen-bond acceptors (Lipinski definition) is 28. The van der Waals surface area contributed by atoms with Crippen molar-refractivity contribution >= 4 is 168 Å². The molecule has 33 nitrogen and oxygen atoms in total. The molecule has 4 aromatic carbocycles. The summed E-state index contributed by atoms with van der Waals surface area (Å²) in [5.74, 6) is -10.1. The molecule has 119 heavy (non-hydrogen) atoms. The molecule has 9 aliphatic rings. The molecule has 0 bridgehead atoms. The fourth-order valence-corrected chi connectivity index (χ4v) is 17.4. The predicted octanol–water partition coefficient (Wildman–Crippen LogP) is 3.23. The Labute approximate surface area is 689 Å². The SMILES string of the molecule is C=C1CSC(C(NC(=O)CNC(=O)c2cc3cc(Cl)c(O)cc3oc2=O)C(=O)O)N=C1C(=O)[O-].CC1=CC=C(c2c3ccc(=O)cc-3oc3cc(O)ccc23)C(C(=O)[O-])C1.O.O=C(CNCc1cc2c(oc1=O)=CC(O)C(Cl)C=2)NC1C(=O)N2C(C(=O)O)=C(CSc3ccc(-c4c5ccc(=O)cc-5oc5cc(O)ccc45)c(C(=O)O)c3)CSC12. The molecular weight excluding hydrogens is 1660 g/mol. The number of thioether (sulfide) groups is 3. The standard InChI is InChI=1S/C40H30ClN3O12S2.C21H16O5.C20H16ClN3O9S.H2O/c41-27-8-17-7-18(40(54)56-29(17)12-28(27)47)13-42-14-32(48)43-34-36(49)44-35(39(52)53)19(16-58-37(34)44)15-57-22-3-6-23(26(11-22)38(50)51)33-24-4-1-20(45)9-30(24)55-31-10-21(46)2-5-25(31)33;1-11-2-5-14(17(8-11)21(24)25)20-15-6-3-12(22)9-18(15)26-19-10-13(23)4-7-16(19)20;1-7-6-34-17(24-14(7)18(28)29)15(19(30)31)23-13(26)5-22-16(27)9-2-8-3-10(21)11(25)4-12(8)33-20(9)32;/h1-12,27-28,34,37,42,45,47H,13-16H2,(H,43,48)(H,50,51)(H,52,53);2-7,9-10,17,22H,8H2,1H3,(H,24,25);2-4,15,17,25H,1,5-6H2,(H,22,27)(H,23,26)(H,28,29)(H,30,31);1H2/p-2. The average molecular weight is 1720 g/mol. The fraction of sp³-hybridized carbons (Fsp3) is 0.185. The Morgan fingerprint density at radius 3 is 2.00 bits per heavy atom. The van der Waals surface area contributed by atoms with Gasteiger partial charge in [-0.2, -0.15) is 0 Å². The van der Waals surface area contributed by atoms with Crippen molar-refractivity contribution < 1.29 is 112 Å². The van der Waals surface area contributed by atoms with Gasteiger partial charge in [0.1, 0.15) is 79.0 Å². The lowest BCUT2D eigenvalue weighted by atomic mass is 9.80. The van der Waals surface area contributed by atoms with Gasteiger partial charge in [0.25, 0.3) is 11.8 Å². The van der Waals surface area contributed by atoms with Gasteiger partial charge >= 0.3 is 29.2 Å². The maximum atomic E-state index is 13.3. The maximum Gasteiger partial charge on any atom is 0.352 e. The second-order valence-electron chi connectivity index (χ2n) is 27.0. The summed E-state index contributed by atoms with van der Waals surface area (Å²) in [5.41, 5.74) is 2.34. The average Bonchev–Trinajstić information content (AvgIpc) is 0.743. The van der Waals surface area contributed by atoms with Crippen molar-refractivity contribution in [3.8, 4) is 51.0 Å². The van der Waals surface area contributed by atoms with Gasteiger partial charge in [-0.1, -0.05) is 48.0 Å². The molecule has 1 fully saturated rings. The lowest BCUT2D eigenvalue weighted by Crippen LogP contribution is -2.71. The molecule has 612 valence electrons. The highest BCUT2D eigenvalue weighted by Gasteiger charge is 2.54. The number of rotatable bonds is 20. The van der Waals surface area contributed by atoms with Crippen LogP contribution in [0.3, 0.4) is 0 Å². The monoisotopic (exact) mass is 1720 g/mol. The number of halogens is 2. The van der Waals surface area contributed by atoms with E-state index in [-0.39, 0.29) is 119 Å². The van der Waals surface area contributed by atoms with E-state index in [9.17, 15) is 108 Å². The molecule has 13 N–H and O–H groups in total. The summed E-state index contributed by atoms with van der Waals surface area (Å²) in [7, 11) is 0. The van der Waals surface area contributed by atoms with Gasteiger partial charge in [-0.25, -0.2) is 24.0 Å². The van der Waals surface area contributed by atoms with E-state index >= 15 is 0 Å². The summed E-state index contributed by atoms with van der Waals surface area (Å²) in [5, 5.41) is 101. The first-order valence-electron chi connectivity index (χ1n) is 35.1. The molecule has 7 unspecified atom stereocenters. The van der Waals surface area contributed by atoms with Gasteiger partial charge in [0.2, 0.25) is 11.8 Å². The highest BCUT2D eigenvalue weighted by atomic mass is 35.5. The number of phenolic OH excluding ortho intramolecular Hbond substituents is 3. The second-order valence-corrected chi connectivity index (χ2v) is 31.2. The Kier molecular flexibility index (Phi) is 25.4. The van der Waals surface area contributed by atoms with Crippen LogP contribution in [-0.4, -0.2) is 170 Å². The van der Waals surface area contributed by atoms with Gasteiger partial charge in [-0.05, 0) is 121 Å². The van der Waals surface area contributed by atoms with E-state index in [1.54, 1.807) is 54.6 Å². The number of hydrogen-bond donors (Lipinski definition) is 11. The summed E-state index contributed by atoms with van der Waals surface area (Å²) < 4.78 is 21.9. The van der Waals surface area contributed by atoms with Gasteiger partial charge < -0.3 is 100.0 Å². The molecule has 0 radical (unpaired) electrons. The fourth-order valence-electron chi connectivity index (χ4n) is 13.5. The zero-order chi connectivity index (χ0) is 84.6. The van der Waals surface area contributed by atoms with Crippen LogP contribution in [0.25, 0.3) is 84.4 Å². The quantitative estimate of drug-likeness (QED) is 0.0171. The molecule has 38 heteroatoms. The van der Waals surface area contributed by atoms with E-state index in [0.29, 0.717) is 77.6 Å². The number of aromatic hydroxyl groups is 3. The van der Waals surface area contributed by atoms with Gasteiger partial charge in [-0.15, -0.1) is 46.9 Å². The number of aliphatic hydroxyl groups excluding tert-OH is 1. The number of carbonyl (C=O) groups excluding carboxylic acids is 6. The number of aliphatic hydroxyl groups is 1. The molecule has 7 atom stereocenters. The third-order valence-electron chi connectivity index (χ3n) is 19.0. The smallest absolute Gasteiger partial charge is 0.352 e. The first-order valence-corrected chi connectivity index (χ1v) is 39.0. The maximum absolute atomic E-state index is 13.3. The number of benzene rings is 6. The summed E-state index contributed by atoms with van der Waals surface area (Å²) in [4.78, 5) is 164. The topological polar surface area (TPSA) is 557 Å². The molecule has 4 amide bonds. The van der Waals surface area contributed by atoms with Crippen LogP contribution in [0.4, 0.5) is 0 Å². The summed E-state index contributed by atoms with van der Waals surface area (Å²) in [6.45, 7) is 4.39. The van der Waals surface area contributed by atoms with E-state index in [2.05, 4.69) is 32.8 Å². The van der Waals surface area contributed by atoms with Crippen LogP contribution >= 0.6 is 58.5 Å². The van der Waals surface area contributed by atoms with Gasteiger partial charge in [-0.3, -0.25) is 38.7 Å². The molecule has 2 aromatic heterocycles. The van der Waals surface area contributed by atoms with Crippen LogP contribution < -0.4 is 64.2 Å². The molecule has 6 aromatic rings. The van der Waals surface area contributed by atoms with E-state index in [4.69, 9.17) is 40.9 Å². The lowest BCUT2D eigenvalue weighted by Gasteiger charge is -2.49. The van der Waals surface area contributed by atoms with Crippen LogP contribution in [0.15, 0.2) is 203 Å². The van der Waals surface area contributed by atoms with Crippen LogP contribution in [0.2, 0.25) is 5.02 Å². The van der Waals surface area contributed by atoms with Crippen molar-refractivity contribution in [2.45, 2.75) is 59.1 Å². The number of aromatic carboxylic acids is 1. The molecule has 4 aliphatic carbocycles. The van der Waals surface area contributed by atoms with Crippen LogP contribution in [-0.2, 0) is 40.1 Å². The van der Waals surface area contributed by atoms with E-state index in [0.717, 1.165) is 34.4 Å². The number of aliphatic imine (C=N–C) groups is 1. The second kappa shape index (κ2) is 35.4. The Bertz CT molecular complexity index is 6450. The van der Waals surface area contributed by atoms with Crippen molar-refractivity contribution in [1.82, 2.24) is 26.2 Å². The molecule has 1 saturated heterocycles. The third-order valence-corrected chi connectivity index (χ3v) is 23.4. The third kappa shape index (κ3) is 18.2. The Balaban J connectivity index is 0.000000180. The largest absolute Gasteiger partial charge is 0.549 e. The number of phenols is 3. The Hall–Kier alpha value is -13.1. The predicted molar refractivity (Wildman–Crippen MR) is 432 cm³/mol. The van der Waals surface area contributed by atoms with Crippen LogP contribution in [0.1, 0.15) is 45.2 Å². The number of carboxylic acids is 5. The first kappa shape index (κ1) is 85.3. The van der Waals surface area contributed by atoms with Crippen LogP contribution in [0, 0.1) is 5.92 Å². The number of nitrogens with zero attached hydrogens (tertiary/aromatic N) is 2. The highest BCUT2D eigenvalue weighted by Crippen LogP contribution is 2.47. The molecule has 15 rings (SSSR count). The number of carbonyl (C=O) groups is 9. The molecular formula is C81H62Cl2N6O27S3-2. The minimum Gasteiger partial charge on any atom is -0.549 e. The molecule has 0 spiro atoms. The summed E-state index contributed by atoms with van der Waals surface area (Å²) >= 11 is 15.3. The van der Waals surface area contributed by atoms with Crippen molar-refractivity contribution in [2.24, 2.45) is 10.9 Å². The minimum absolute atomic E-state index is 0. The number of amides is 4. The first-order chi connectivity index (χ1) is 56.2. The van der Waals surface area contributed by atoms with Gasteiger partial charge in [0.05, 0.1) is 52.4 Å². The van der Waals surface area contributed by atoms with Crippen molar-refractivity contribution in [3.05, 3.63) is 236 Å². The van der Waals surface area contributed by atoms with E-state index < -0.39 is 123 Å². The van der Waals surface area contributed by atoms with Crippen molar-refractivity contribution in [1.29, 1.82) is 0 Å². The Morgan fingerprint density at radius 2 is 1.36 bits per heavy atom. The highest BCUT2D eigenvalue weighted by molar-refractivity contribution is 8.01. The lowest BCUT2D eigenvalue weighted by molar-refractivity contribution is -0.309. The van der Waals surface area contributed by atoms with Crippen LogP contribution in [0.5, 0.6) is 17.2 Å². The van der Waals surface area contributed by atoms with Gasteiger partial charge in [0, 0.05) is 115 Å². The summed E-state index contributed by atoms with van der Waals surface area (Å²) in [6, 6.07) is 25.0. The number of fused-ring (bicyclic) bond motifs is 7. The Morgan fingerprint density at radius 1 is 0.706 bits per heavy atom. The minimum atomic E-state index is -1.62. The number of β-lactam (4-membered cyclic amide) rings is 1. The number of aliphatic carboxylic acids is 4. The number of allylic oxidation sites excluding steroid dienone is 3. The summed E-state index contributed by atoms with van der Waals surface area (Å²) in [6.07, 6.45) is 5.94. The molecule has 0 saturated carbocycles. The number of alkyl halides is 1. The van der Waals surface area contributed by atoms with Crippen molar-refractivity contribution in [2.75, 3.05) is 30.3 Å². The van der Waals surface area contributed by atoms with Crippen molar-refractivity contribution in [3.63, 3.8) is 0 Å². The number of nitrogens with one attached hydrogen (secondary N) is 4. The van der Waals surface area contributed by atoms with Gasteiger partial charge in [0.15, 0.2) is 16.9 Å². The van der Waals surface area contributed by atoms with E-state index in [1.807, 2.05) is 13.0 Å². The number of carboxylic acid groups (broad SMARTS) is 5. The molecule has 7 heterocycles. The normalized spacial score (nSPS) is 18.1. The zero-order valence-electron chi connectivity index (χ0n) is 61.2. The molecule has 5 aliphatic heterocycles.